The minimum atomic E-state index is -0.533. The summed E-state index contributed by atoms with van der Waals surface area (Å²) in [4.78, 5) is 19.7. The summed E-state index contributed by atoms with van der Waals surface area (Å²) < 4.78 is 16.3. The number of carbonyl (C=O) groups excluding carboxylic acids is 1. The van der Waals surface area contributed by atoms with Crippen LogP contribution < -0.4 is 5.32 Å². The second kappa shape index (κ2) is 25.0. The molecule has 0 radical (unpaired) electrons. The predicted octanol–water partition coefficient (Wildman–Crippen LogP) is 11.3. The Balaban J connectivity index is 0.000000313. The molecule has 14 heteroatoms. The number of nitrogens with zero attached hydrogens (tertiary/aromatic N) is 3. The predicted molar refractivity (Wildman–Crippen MR) is 249 cm³/mol. The maximum Gasteiger partial charge on any atom is 0.410 e. The van der Waals surface area contributed by atoms with Crippen LogP contribution in [0.3, 0.4) is 0 Å². The van der Waals surface area contributed by atoms with E-state index in [2.05, 4.69) is 63.6 Å². The summed E-state index contributed by atoms with van der Waals surface area (Å²) in [6.07, 6.45) is 1.48. The van der Waals surface area contributed by atoms with E-state index in [-0.39, 0.29) is 49.0 Å². The van der Waals surface area contributed by atoms with Gasteiger partial charge in [-0.1, -0.05) is 94.9 Å². The van der Waals surface area contributed by atoms with Crippen LogP contribution in [0.2, 0.25) is 20.1 Å². The molecule has 6 rings (SSSR count). The van der Waals surface area contributed by atoms with Crippen molar-refractivity contribution < 1.29 is 19.0 Å². The molecule has 1 N–H and O–H groups in total. The molecule has 1 amide bonds. The lowest BCUT2D eigenvalue weighted by molar-refractivity contribution is -0.0105. The first-order valence-corrected chi connectivity index (χ1v) is 21.1. The molecule has 2 heterocycles. The van der Waals surface area contributed by atoms with Gasteiger partial charge in [-0.3, -0.25) is 9.80 Å². The molecule has 324 valence electrons. The van der Waals surface area contributed by atoms with Crippen LogP contribution in [0.15, 0.2) is 97.1 Å². The van der Waals surface area contributed by atoms with Crippen molar-refractivity contribution in [1.29, 1.82) is 0 Å². The topological polar surface area (TPSA) is 66.5 Å². The van der Waals surface area contributed by atoms with Crippen molar-refractivity contribution >= 4 is 77.3 Å². The minimum absolute atomic E-state index is 0. The van der Waals surface area contributed by atoms with Crippen LogP contribution >= 0.6 is 71.2 Å². The van der Waals surface area contributed by atoms with Gasteiger partial charge < -0.3 is 24.4 Å². The Kier molecular flexibility index (Phi) is 21.6. The largest absolute Gasteiger partial charge is 0.444 e. The average molecular weight is 932 g/mol. The summed E-state index contributed by atoms with van der Waals surface area (Å²) >= 11 is 24.5. The van der Waals surface area contributed by atoms with Crippen molar-refractivity contribution in [2.24, 2.45) is 0 Å². The van der Waals surface area contributed by atoms with E-state index in [0.717, 1.165) is 66.8 Å². The lowest BCUT2D eigenvalue weighted by Crippen LogP contribution is -2.57. The van der Waals surface area contributed by atoms with Crippen molar-refractivity contribution in [3.63, 3.8) is 0 Å². The fourth-order valence-corrected chi connectivity index (χ4v) is 8.03. The molecule has 4 aromatic carbocycles. The van der Waals surface area contributed by atoms with Gasteiger partial charge in [0.1, 0.15) is 5.60 Å². The summed E-state index contributed by atoms with van der Waals surface area (Å²) in [5.74, 6) is 0. The summed E-state index contributed by atoms with van der Waals surface area (Å²) in [5, 5.41) is 6.53. The highest BCUT2D eigenvalue weighted by Gasteiger charge is 2.36. The lowest BCUT2D eigenvalue weighted by atomic mass is 9.95. The molecule has 2 atom stereocenters. The Hall–Kier alpha value is -2.31. The van der Waals surface area contributed by atoms with Gasteiger partial charge >= 0.3 is 6.09 Å². The van der Waals surface area contributed by atoms with E-state index >= 15 is 0 Å². The first kappa shape index (κ1) is 51.0. The molecule has 2 saturated heterocycles. The zero-order valence-electron chi connectivity index (χ0n) is 34.4. The molecule has 4 aromatic rings. The molecule has 0 unspecified atom stereocenters. The number of methoxy groups -OCH3 is 2. The highest BCUT2D eigenvalue weighted by molar-refractivity contribution is 6.31. The fraction of sp³-hybridized carbons (Fsp3) is 0.444. The molecule has 0 spiro atoms. The lowest BCUT2D eigenvalue weighted by Gasteiger charge is -2.45. The van der Waals surface area contributed by atoms with Crippen LogP contribution in [-0.2, 0) is 14.2 Å². The third-order valence-corrected chi connectivity index (χ3v) is 11.2. The van der Waals surface area contributed by atoms with E-state index in [1.165, 1.54) is 11.1 Å². The Morgan fingerprint density at radius 1 is 0.627 bits per heavy atom. The fourth-order valence-electron chi connectivity index (χ4n) is 7.52. The van der Waals surface area contributed by atoms with Gasteiger partial charge in [0.15, 0.2) is 0 Å². The first-order chi connectivity index (χ1) is 27.3. The third kappa shape index (κ3) is 15.5. The number of halogens is 6. The van der Waals surface area contributed by atoms with E-state index in [9.17, 15) is 4.79 Å². The van der Waals surface area contributed by atoms with Crippen molar-refractivity contribution in [3.05, 3.63) is 139 Å². The van der Waals surface area contributed by atoms with Gasteiger partial charge in [0.05, 0.1) is 18.1 Å². The van der Waals surface area contributed by atoms with Crippen molar-refractivity contribution in [3.8, 4) is 0 Å². The number of hydrogen-bond donors (Lipinski definition) is 1. The van der Waals surface area contributed by atoms with Crippen molar-refractivity contribution in [2.75, 3.05) is 66.7 Å². The first-order valence-electron chi connectivity index (χ1n) is 19.6. The van der Waals surface area contributed by atoms with Gasteiger partial charge in [0, 0.05) is 92.8 Å². The molecule has 2 aliphatic heterocycles. The third-order valence-electron chi connectivity index (χ3n) is 10.2. The molecule has 0 aromatic heterocycles. The summed E-state index contributed by atoms with van der Waals surface area (Å²) in [7, 11) is 3.44. The zero-order chi connectivity index (χ0) is 41.0. The van der Waals surface area contributed by atoms with E-state index < -0.39 is 5.60 Å². The summed E-state index contributed by atoms with van der Waals surface area (Å²) in [5.41, 5.74) is 4.26. The molecule has 0 bridgehead atoms. The minimum Gasteiger partial charge on any atom is -0.444 e. The van der Waals surface area contributed by atoms with Gasteiger partial charge in [-0.2, -0.15) is 0 Å². The standard InChI is InChI=1S/C25H32Cl2N2O3.C20H24Cl2N2O.2ClH/c1-25(2,3)32-24(30)29-15-14-28(17-22(29)13-16-31-4)23(18-5-9-20(26)10-6-18)19-7-11-21(27)12-8-19;1-25-13-10-19-14-24(12-11-23-19)20(15-2-6-17(21)7-3-15)16-4-8-18(22)9-5-16;;/h5-12,22-23H,13-17H2,1-4H3;2-9,19-20,23H,10-14H2,1H3;2*1H/t22-;19-;;/m00../s1. The molecule has 2 fully saturated rings. The number of carbonyl (C=O) groups is 1. The molecule has 0 saturated carbocycles. The number of amides is 1. The van der Waals surface area contributed by atoms with Crippen LogP contribution in [0.4, 0.5) is 4.79 Å². The number of nitrogens with one attached hydrogen (secondary N) is 1. The summed E-state index contributed by atoms with van der Waals surface area (Å²) in [6, 6.07) is 32.9. The normalized spacial score (nSPS) is 17.4. The van der Waals surface area contributed by atoms with Crippen LogP contribution in [0.5, 0.6) is 0 Å². The maximum absolute atomic E-state index is 12.9. The maximum atomic E-state index is 12.9. The number of ether oxygens (including phenoxy) is 3. The number of benzene rings is 4. The van der Waals surface area contributed by atoms with E-state index in [1.54, 1.807) is 14.2 Å². The van der Waals surface area contributed by atoms with Crippen LogP contribution in [0, 0.1) is 0 Å². The van der Waals surface area contributed by atoms with Gasteiger partial charge in [0.25, 0.3) is 0 Å². The SMILES string of the molecule is COCC[C@H]1CN(C(c2ccc(Cl)cc2)c2ccc(Cl)cc2)CCN1.COCC[C@H]1CN(C(c2ccc(Cl)cc2)c2ccc(Cl)cc2)CCN1C(=O)OC(C)(C)C.Cl.Cl. The van der Waals surface area contributed by atoms with E-state index in [1.807, 2.05) is 74.2 Å². The monoisotopic (exact) mass is 928 g/mol. The Bertz CT molecular complexity index is 1720. The Morgan fingerprint density at radius 2 is 1.02 bits per heavy atom. The number of piperazine rings is 2. The molecular weight excluding hydrogens is 873 g/mol. The molecule has 0 aliphatic carbocycles. The van der Waals surface area contributed by atoms with Crippen molar-refractivity contribution in [2.45, 2.75) is 63.4 Å². The Morgan fingerprint density at radius 3 is 1.41 bits per heavy atom. The van der Waals surface area contributed by atoms with Gasteiger partial charge in [-0.05, 0) is 104 Å². The van der Waals surface area contributed by atoms with Gasteiger partial charge in [-0.25, -0.2) is 4.79 Å². The average Bonchev–Trinajstić information content (AvgIpc) is 3.19. The van der Waals surface area contributed by atoms with E-state index in [4.69, 9.17) is 60.6 Å². The highest BCUT2D eigenvalue weighted by Crippen LogP contribution is 2.34. The van der Waals surface area contributed by atoms with Gasteiger partial charge in [-0.15, -0.1) is 24.8 Å². The van der Waals surface area contributed by atoms with Crippen LogP contribution in [0.1, 0.15) is 68.0 Å². The summed E-state index contributed by atoms with van der Waals surface area (Å²) in [6.45, 7) is 12.0. The van der Waals surface area contributed by atoms with Crippen LogP contribution in [0.25, 0.3) is 0 Å². The van der Waals surface area contributed by atoms with Crippen LogP contribution in [-0.4, -0.2) is 105 Å². The highest BCUT2D eigenvalue weighted by atomic mass is 35.5. The second-order valence-electron chi connectivity index (χ2n) is 15.5. The molecular formula is C45H58Cl6N4O4. The molecule has 8 nitrogen and oxygen atoms in total. The molecule has 2 aliphatic rings. The number of hydrogen-bond acceptors (Lipinski definition) is 7. The van der Waals surface area contributed by atoms with Gasteiger partial charge in [0.2, 0.25) is 0 Å². The van der Waals surface area contributed by atoms with E-state index in [0.29, 0.717) is 35.8 Å². The second-order valence-corrected chi connectivity index (χ2v) is 17.3. The zero-order valence-corrected chi connectivity index (χ0v) is 39.1. The Labute approximate surface area is 383 Å². The number of rotatable bonds is 12. The quantitative estimate of drug-likeness (QED) is 0.152. The smallest absolute Gasteiger partial charge is 0.410 e. The van der Waals surface area contributed by atoms with Crippen molar-refractivity contribution in [1.82, 2.24) is 20.0 Å². The molecule has 59 heavy (non-hydrogen) atoms.